The van der Waals surface area contributed by atoms with Gasteiger partial charge in [0.25, 0.3) is 0 Å². The fourth-order valence-corrected chi connectivity index (χ4v) is 4.07. The summed E-state index contributed by atoms with van der Waals surface area (Å²) in [7, 11) is -3.32. The second-order valence-electron chi connectivity index (χ2n) is 5.43. The van der Waals surface area contributed by atoms with E-state index in [4.69, 9.17) is 0 Å². The highest BCUT2D eigenvalue weighted by molar-refractivity contribution is 7.89. The fourth-order valence-electron chi connectivity index (χ4n) is 2.32. The normalized spacial score (nSPS) is 11.5. The number of sulfonamides is 1. The number of hydrogen-bond acceptors (Lipinski definition) is 4. The van der Waals surface area contributed by atoms with Crippen LogP contribution in [-0.2, 0) is 23.0 Å². The number of rotatable bonds is 7. The predicted molar refractivity (Wildman–Crippen MR) is 98.3 cm³/mol. The van der Waals surface area contributed by atoms with Crippen LogP contribution in [0.2, 0.25) is 0 Å². The maximum Gasteiger partial charge on any atom is 0.212 e. The van der Waals surface area contributed by atoms with Crippen molar-refractivity contribution >= 4 is 21.4 Å². The summed E-state index contributed by atoms with van der Waals surface area (Å²) in [5.74, 6) is 0.0784. The molecule has 3 aromatic rings. The van der Waals surface area contributed by atoms with E-state index in [0.29, 0.717) is 6.42 Å². The van der Waals surface area contributed by atoms with Crippen LogP contribution in [0, 0.1) is 0 Å². The molecular weight excluding hydrogens is 340 g/mol. The highest BCUT2D eigenvalue weighted by Gasteiger charge is 2.11. The van der Waals surface area contributed by atoms with Gasteiger partial charge in [-0.3, -0.25) is 4.98 Å². The molecule has 6 heteroatoms. The van der Waals surface area contributed by atoms with Gasteiger partial charge in [0.15, 0.2) is 0 Å². The summed E-state index contributed by atoms with van der Waals surface area (Å²) in [6.45, 7) is 0.253. The van der Waals surface area contributed by atoms with Gasteiger partial charge in [0.2, 0.25) is 10.0 Å². The third-order valence-electron chi connectivity index (χ3n) is 3.60. The number of nitrogens with zero attached hydrogens (tertiary/aromatic N) is 1. The van der Waals surface area contributed by atoms with Gasteiger partial charge in [-0.25, -0.2) is 13.1 Å². The van der Waals surface area contributed by atoms with Crippen molar-refractivity contribution in [2.24, 2.45) is 0 Å². The molecule has 0 aliphatic heterocycles. The minimum atomic E-state index is -3.32. The zero-order chi connectivity index (χ0) is 16.8. The van der Waals surface area contributed by atoms with Gasteiger partial charge in [0.1, 0.15) is 0 Å². The molecular formula is C18H18N2O2S2. The first-order chi connectivity index (χ1) is 11.6. The Bertz CT molecular complexity index is 876. The van der Waals surface area contributed by atoms with E-state index >= 15 is 0 Å². The van der Waals surface area contributed by atoms with Crippen molar-refractivity contribution in [2.75, 3.05) is 5.75 Å². The average molecular weight is 358 g/mol. The van der Waals surface area contributed by atoms with E-state index in [9.17, 15) is 8.42 Å². The van der Waals surface area contributed by atoms with Gasteiger partial charge >= 0.3 is 0 Å². The Morgan fingerprint density at radius 2 is 1.83 bits per heavy atom. The summed E-state index contributed by atoms with van der Waals surface area (Å²) in [5, 5.41) is 2.01. The molecule has 0 saturated heterocycles. The molecule has 0 amide bonds. The summed E-state index contributed by atoms with van der Waals surface area (Å²) < 4.78 is 27.0. The number of hydrogen-bond donors (Lipinski definition) is 1. The largest absolute Gasteiger partial charge is 0.264 e. The molecule has 1 aromatic carbocycles. The Labute approximate surface area is 146 Å². The van der Waals surface area contributed by atoms with Crippen molar-refractivity contribution < 1.29 is 8.42 Å². The summed E-state index contributed by atoms with van der Waals surface area (Å²) in [6.07, 6.45) is 3.99. The number of benzene rings is 1. The van der Waals surface area contributed by atoms with Crippen LogP contribution < -0.4 is 4.72 Å². The lowest BCUT2D eigenvalue weighted by Crippen LogP contribution is -2.26. The molecule has 0 radical (unpaired) electrons. The van der Waals surface area contributed by atoms with Gasteiger partial charge in [0.05, 0.1) is 5.75 Å². The molecule has 2 aromatic heterocycles. The zero-order valence-electron chi connectivity index (χ0n) is 13.1. The van der Waals surface area contributed by atoms with Crippen LogP contribution in [0.1, 0.15) is 11.1 Å². The zero-order valence-corrected chi connectivity index (χ0v) is 14.7. The van der Waals surface area contributed by atoms with E-state index in [1.165, 1.54) is 0 Å². The number of pyridine rings is 1. The lowest BCUT2D eigenvalue weighted by atomic mass is 10.2. The number of thiophene rings is 1. The van der Waals surface area contributed by atoms with E-state index in [-0.39, 0.29) is 12.3 Å². The second-order valence-corrected chi connectivity index (χ2v) is 8.31. The van der Waals surface area contributed by atoms with Gasteiger partial charge in [-0.1, -0.05) is 36.4 Å². The second kappa shape index (κ2) is 7.70. The topological polar surface area (TPSA) is 59.1 Å². The molecule has 0 aliphatic carbocycles. The van der Waals surface area contributed by atoms with Crippen LogP contribution in [0.5, 0.6) is 0 Å². The van der Waals surface area contributed by atoms with Crippen molar-refractivity contribution in [2.45, 2.75) is 13.0 Å². The maximum atomic E-state index is 12.2. The predicted octanol–water partition coefficient (Wildman–Crippen LogP) is 3.47. The minimum absolute atomic E-state index is 0.0784. The Morgan fingerprint density at radius 3 is 2.58 bits per heavy atom. The monoisotopic (exact) mass is 358 g/mol. The van der Waals surface area contributed by atoms with Crippen molar-refractivity contribution in [3.63, 3.8) is 0 Å². The van der Waals surface area contributed by atoms with E-state index in [1.54, 1.807) is 23.7 Å². The van der Waals surface area contributed by atoms with Gasteiger partial charge in [-0.15, -0.1) is 11.3 Å². The first kappa shape index (κ1) is 16.8. The van der Waals surface area contributed by atoms with Crippen LogP contribution in [0.25, 0.3) is 10.4 Å². The molecule has 2 heterocycles. The van der Waals surface area contributed by atoms with Crippen LogP contribution in [0.15, 0.2) is 66.3 Å². The minimum Gasteiger partial charge on any atom is -0.264 e. The van der Waals surface area contributed by atoms with Gasteiger partial charge in [-0.05, 0) is 35.1 Å². The number of aryl methyl sites for hydroxylation is 1. The Morgan fingerprint density at radius 1 is 1.00 bits per heavy atom. The quantitative estimate of drug-likeness (QED) is 0.703. The van der Waals surface area contributed by atoms with Crippen LogP contribution in [-0.4, -0.2) is 19.2 Å². The highest BCUT2D eigenvalue weighted by Crippen LogP contribution is 2.24. The molecule has 24 heavy (non-hydrogen) atoms. The lowest BCUT2D eigenvalue weighted by Gasteiger charge is -2.08. The first-order valence-corrected chi connectivity index (χ1v) is 10.1. The lowest BCUT2D eigenvalue weighted by molar-refractivity contribution is 0.580. The van der Waals surface area contributed by atoms with Crippen molar-refractivity contribution in [3.8, 4) is 10.4 Å². The van der Waals surface area contributed by atoms with Crippen LogP contribution >= 0.6 is 11.3 Å². The Kier molecular flexibility index (Phi) is 5.40. The van der Waals surface area contributed by atoms with Crippen molar-refractivity contribution in [1.82, 2.24) is 9.71 Å². The fraction of sp³-hybridized carbons (Fsp3) is 0.167. The Hall–Kier alpha value is -2.02. The maximum absolute atomic E-state index is 12.2. The molecule has 0 saturated carbocycles. The summed E-state index contributed by atoms with van der Waals surface area (Å²) in [4.78, 5) is 5.33. The summed E-state index contributed by atoms with van der Waals surface area (Å²) in [6, 6.07) is 15.6. The molecule has 0 bridgehead atoms. The van der Waals surface area contributed by atoms with E-state index in [1.807, 2.05) is 53.9 Å². The van der Waals surface area contributed by atoms with Crippen molar-refractivity contribution in [1.29, 1.82) is 0 Å². The molecule has 4 nitrogen and oxygen atoms in total. The Balaban J connectivity index is 1.59. The molecule has 0 spiro atoms. The van der Waals surface area contributed by atoms with Gasteiger partial charge in [-0.2, -0.15) is 0 Å². The van der Waals surface area contributed by atoms with E-state index in [0.717, 1.165) is 21.6 Å². The number of aromatic nitrogens is 1. The number of nitrogens with one attached hydrogen (secondary N) is 1. The van der Waals surface area contributed by atoms with E-state index < -0.39 is 10.0 Å². The van der Waals surface area contributed by atoms with Gasteiger partial charge in [0, 0.05) is 29.4 Å². The first-order valence-electron chi connectivity index (χ1n) is 7.61. The molecule has 124 valence electrons. The summed E-state index contributed by atoms with van der Waals surface area (Å²) in [5.41, 5.74) is 2.87. The molecule has 0 aliphatic rings. The average Bonchev–Trinajstić information content (AvgIpc) is 3.14. The molecule has 3 rings (SSSR count). The van der Waals surface area contributed by atoms with Crippen molar-refractivity contribution in [3.05, 3.63) is 77.4 Å². The highest BCUT2D eigenvalue weighted by atomic mass is 32.2. The summed E-state index contributed by atoms with van der Waals surface area (Å²) >= 11 is 1.64. The van der Waals surface area contributed by atoms with E-state index in [2.05, 4.69) is 9.71 Å². The molecule has 0 atom stereocenters. The van der Waals surface area contributed by atoms with Crippen LogP contribution in [0.4, 0.5) is 0 Å². The SMILES string of the molecule is O=S(=O)(CCc1ccccc1)NCc1cncc(-c2cccs2)c1. The standard InChI is InChI=1S/C18H18N2O2S2/c21-24(22,10-8-15-5-2-1-3-6-15)20-13-16-11-17(14-19-12-16)18-7-4-9-23-18/h1-7,9,11-12,14,20H,8,10,13H2. The van der Waals surface area contributed by atoms with Crippen LogP contribution in [0.3, 0.4) is 0 Å². The molecule has 1 N–H and O–H groups in total. The third-order valence-corrected chi connectivity index (χ3v) is 5.84. The van der Waals surface area contributed by atoms with Gasteiger partial charge < -0.3 is 0 Å². The molecule has 0 unspecified atom stereocenters. The smallest absolute Gasteiger partial charge is 0.212 e. The third kappa shape index (κ3) is 4.74. The molecule has 0 fully saturated rings.